The molecule has 0 saturated heterocycles. The van der Waals surface area contributed by atoms with Gasteiger partial charge in [0.1, 0.15) is 0 Å². The van der Waals surface area contributed by atoms with Crippen molar-refractivity contribution in [2.24, 2.45) is 0 Å². The first-order chi connectivity index (χ1) is 9.56. The van der Waals surface area contributed by atoms with Gasteiger partial charge in [0.25, 0.3) is 0 Å². The Morgan fingerprint density at radius 1 is 1.10 bits per heavy atom. The number of carboxylic acids is 1. The highest BCUT2D eigenvalue weighted by molar-refractivity contribution is 5.85. The summed E-state index contributed by atoms with van der Waals surface area (Å²) in [6.07, 6.45) is 3.65. The maximum atomic E-state index is 10.6. The Labute approximate surface area is 119 Å². The molecule has 0 bridgehead atoms. The minimum Gasteiger partial charge on any atom is -0.478 e. The molecule has 1 N–H and O–H groups in total. The Kier molecular flexibility index (Phi) is 4.36. The zero-order chi connectivity index (χ0) is 14.5. The maximum Gasteiger partial charge on any atom is 0.328 e. The Morgan fingerprint density at radius 3 is 2.40 bits per heavy atom. The third kappa shape index (κ3) is 3.58. The Morgan fingerprint density at radius 2 is 1.75 bits per heavy atom. The number of aliphatic carboxylic acids is 1. The molecule has 0 aliphatic heterocycles. The van der Waals surface area contributed by atoms with Gasteiger partial charge in [0.05, 0.1) is 0 Å². The molecule has 0 aliphatic carbocycles. The van der Waals surface area contributed by atoms with Crippen molar-refractivity contribution in [1.29, 1.82) is 0 Å². The van der Waals surface area contributed by atoms with E-state index in [1.54, 1.807) is 6.08 Å². The normalized spacial score (nSPS) is 10.9. The molecule has 0 saturated carbocycles. The van der Waals surface area contributed by atoms with Crippen LogP contribution in [0.25, 0.3) is 6.08 Å². The van der Waals surface area contributed by atoms with E-state index in [1.807, 2.05) is 18.2 Å². The summed E-state index contributed by atoms with van der Waals surface area (Å²) < 4.78 is 0. The average Bonchev–Trinajstić information content (AvgIpc) is 2.41. The van der Waals surface area contributed by atoms with Crippen molar-refractivity contribution in [3.8, 4) is 0 Å². The number of carbonyl (C=O) groups is 1. The fourth-order valence-electron chi connectivity index (χ4n) is 2.31. The maximum absolute atomic E-state index is 10.6. The minimum atomic E-state index is -0.926. The highest BCUT2D eigenvalue weighted by atomic mass is 16.4. The van der Waals surface area contributed by atoms with Crippen molar-refractivity contribution in [2.75, 3.05) is 0 Å². The molecule has 2 nitrogen and oxygen atoms in total. The lowest BCUT2D eigenvalue weighted by molar-refractivity contribution is -0.131. The Bertz CT molecular complexity index is 634. The van der Waals surface area contributed by atoms with Gasteiger partial charge in [0.2, 0.25) is 0 Å². The largest absolute Gasteiger partial charge is 0.478 e. The summed E-state index contributed by atoms with van der Waals surface area (Å²) >= 11 is 0. The second-order valence-corrected chi connectivity index (χ2v) is 4.96. The van der Waals surface area contributed by atoms with E-state index in [0.29, 0.717) is 0 Å². The van der Waals surface area contributed by atoms with Crippen LogP contribution in [0, 0.1) is 13.8 Å². The molecule has 2 rings (SSSR count). The minimum absolute atomic E-state index is 0.868. The Hall–Kier alpha value is -2.35. The molecule has 0 amide bonds. The second-order valence-electron chi connectivity index (χ2n) is 4.96. The predicted molar refractivity (Wildman–Crippen MR) is 81.8 cm³/mol. The van der Waals surface area contributed by atoms with Gasteiger partial charge in [-0.3, -0.25) is 0 Å². The van der Waals surface area contributed by atoms with Crippen LogP contribution in [0.15, 0.2) is 48.5 Å². The molecule has 2 aromatic rings. The molecule has 2 heteroatoms. The van der Waals surface area contributed by atoms with Crippen molar-refractivity contribution >= 4 is 12.0 Å². The third-order valence-electron chi connectivity index (χ3n) is 3.39. The number of carboxylic acid groups (broad SMARTS) is 1. The van der Waals surface area contributed by atoms with Gasteiger partial charge in [-0.25, -0.2) is 4.79 Å². The van der Waals surface area contributed by atoms with Crippen molar-refractivity contribution in [2.45, 2.75) is 20.3 Å². The number of aryl methyl sites for hydroxylation is 2. The quantitative estimate of drug-likeness (QED) is 0.849. The smallest absolute Gasteiger partial charge is 0.328 e. The lowest BCUT2D eigenvalue weighted by Gasteiger charge is -2.10. The molecule has 102 valence electrons. The van der Waals surface area contributed by atoms with Crippen molar-refractivity contribution in [3.05, 3.63) is 76.4 Å². The molecule has 0 radical (unpaired) electrons. The molecule has 0 fully saturated rings. The van der Waals surface area contributed by atoms with Crippen LogP contribution in [0.3, 0.4) is 0 Å². The summed E-state index contributed by atoms with van der Waals surface area (Å²) in [7, 11) is 0. The lowest BCUT2D eigenvalue weighted by Crippen LogP contribution is -1.95. The van der Waals surface area contributed by atoms with E-state index in [-0.39, 0.29) is 0 Å². The molecule has 0 spiro atoms. The summed E-state index contributed by atoms with van der Waals surface area (Å²) in [4.78, 5) is 10.6. The zero-order valence-corrected chi connectivity index (χ0v) is 11.8. The van der Waals surface area contributed by atoms with Crippen molar-refractivity contribution in [3.63, 3.8) is 0 Å². The molecule has 0 aliphatic rings. The van der Waals surface area contributed by atoms with Crippen LogP contribution in [-0.2, 0) is 11.2 Å². The molecule has 0 aromatic heterocycles. The van der Waals surface area contributed by atoms with E-state index in [1.165, 1.54) is 22.3 Å². The number of rotatable bonds is 4. The van der Waals surface area contributed by atoms with Gasteiger partial charge in [-0.1, -0.05) is 42.5 Å². The van der Waals surface area contributed by atoms with Gasteiger partial charge >= 0.3 is 5.97 Å². The van der Waals surface area contributed by atoms with Gasteiger partial charge in [-0.15, -0.1) is 0 Å². The van der Waals surface area contributed by atoms with Crippen LogP contribution in [0.1, 0.15) is 27.8 Å². The van der Waals surface area contributed by atoms with E-state index in [9.17, 15) is 4.79 Å². The average molecular weight is 266 g/mol. The molecule has 0 heterocycles. The molecular formula is C18H18O2. The SMILES string of the molecule is Cc1cccc(C)c1Cc1cccc(/C=C/C(=O)O)c1. The number of benzene rings is 2. The van der Waals surface area contributed by atoms with Crippen LogP contribution >= 0.6 is 0 Å². The van der Waals surface area contributed by atoms with E-state index in [2.05, 4.69) is 38.1 Å². The lowest BCUT2D eigenvalue weighted by atomic mass is 9.95. The summed E-state index contributed by atoms with van der Waals surface area (Å²) in [5, 5.41) is 8.67. The van der Waals surface area contributed by atoms with Crippen molar-refractivity contribution in [1.82, 2.24) is 0 Å². The van der Waals surface area contributed by atoms with Crippen LogP contribution in [-0.4, -0.2) is 11.1 Å². The number of hydrogen-bond donors (Lipinski definition) is 1. The third-order valence-corrected chi connectivity index (χ3v) is 3.39. The van der Waals surface area contributed by atoms with Crippen LogP contribution < -0.4 is 0 Å². The zero-order valence-electron chi connectivity index (χ0n) is 11.8. The van der Waals surface area contributed by atoms with Crippen molar-refractivity contribution < 1.29 is 9.90 Å². The van der Waals surface area contributed by atoms with E-state index >= 15 is 0 Å². The summed E-state index contributed by atoms with van der Waals surface area (Å²) in [5.41, 5.74) is 6.02. The molecular weight excluding hydrogens is 248 g/mol. The highest BCUT2D eigenvalue weighted by Crippen LogP contribution is 2.19. The predicted octanol–water partition coefficient (Wildman–Crippen LogP) is 3.99. The molecule has 20 heavy (non-hydrogen) atoms. The van der Waals surface area contributed by atoms with E-state index in [4.69, 9.17) is 5.11 Å². The van der Waals surface area contributed by atoms with Gasteiger partial charge in [0.15, 0.2) is 0 Å². The van der Waals surface area contributed by atoms with Gasteiger partial charge in [-0.05, 0) is 54.2 Å². The molecule has 2 aromatic carbocycles. The van der Waals surface area contributed by atoms with Gasteiger partial charge in [-0.2, -0.15) is 0 Å². The Balaban J connectivity index is 2.26. The first-order valence-electron chi connectivity index (χ1n) is 6.61. The van der Waals surface area contributed by atoms with Gasteiger partial charge < -0.3 is 5.11 Å². The number of hydrogen-bond acceptors (Lipinski definition) is 1. The molecule has 0 atom stereocenters. The highest BCUT2D eigenvalue weighted by Gasteiger charge is 2.03. The van der Waals surface area contributed by atoms with Crippen LogP contribution in [0.4, 0.5) is 0 Å². The fraction of sp³-hybridized carbons (Fsp3) is 0.167. The second kappa shape index (κ2) is 6.20. The summed E-state index contributed by atoms with van der Waals surface area (Å²) in [6.45, 7) is 4.24. The molecule has 0 unspecified atom stereocenters. The summed E-state index contributed by atoms with van der Waals surface area (Å²) in [5.74, 6) is -0.926. The first kappa shape index (κ1) is 14.1. The topological polar surface area (TPSA) is 37.3 Å². The summed E-state index contributed by atoms with van der Waals surface area (Å²) in [6, 6.07) is 14.3. The van der Waals surface area contributed by atoms with E-state index < -0.39 is 5.97 Å². The fourth-order valence-corrected chi connectivity index (χ4v) is 2.31. The monoisotopic (exact) mass is 266 g/mol. The van der Waals surface area contributed by atoms with Gasteiger partial charge in [0, 0.05) is 6.08 Å². The van der Waals surface area contributed by atoms with Crippen LogP contribution in [0.2, 0.25) is 0 Å². The van der Waals surface area contributed by atoms with E-state index in [0.717, 1.165) is 18.1 Å². The first-order valence-corrected chi connectivity index (χ1v) is 6.61. The standard InChI is InChI=1S/C18H18O2/c1-13-5-3-6-14(2)17(13)12-16-8-4-7-15(11-16)9-10-18(19)20/h3-11H,12H2,1-2H3,(H,19,20)/b10-9+. The van der Waals surface area contributed by atoms with Crippen LogP contribution in [0.5, 0.6) is 0 Å².